The SMILES string of the molecule is O=C(CCP)NCC12CC3CC(CC(C3)C1)C2. The van der Waals surface area contributed by atoms with E-state index < -0.39 is 0 Å². The monoisotopic (exact) mass is 253 g/mol. The van der Waals surface area contributed by atoms with Crippen LogP contribution in [0.15, 0.2) is 0 Å². The summed E-state index contributed by atoms with van der Waals surface area (Å²) in [6.45, 7) is 0.958. The summed E-state index contributed by atoms with van der Waals surface area (Å²) in [6.07, 6.45) is 10.2. The van der Waals surface area contributed by atoms with Gasteiger partial charge in [0.25, 0.3) is 0 Å². The number of hydrogen-bond acceptors (Lipinski definition) is 1. The summed E-state index contributed by atoms with van der Waals surface area (Å²) >= 11 is 0. The number of nitrogens with one attached hydrogen (secondary N) is 1. The normalized spacial score (nSPS) is 42.8. The summed E-state index contributed by atoms with van der Waals surface area (Å²) in [5, 5.41) is 3.19. The predicted molar refractivity (Wildman–Crippen MR) is 72.8 cm³/mol. The maximum atomic E-state index is 11.6. The van der Waals surface area contributed by atoms with E-state index in [2.05, 4.69) is 14.6 Å². The van der Waals surface area contributed by atoms with Crippen molar-refractivity contribution < 1.29 is 4.79 Å². The average molecular weight is 253 g/mol. The zero-order valence-corrected chi connectivity index (χ0v) is 11.7. The molecule has 0 spiro atoms. The van der Waals surface area contributed by atoms with E-state index in [0.717, 1.165) is 30.5 Å². The highest BCUT2D eigenvalue weighted by Crippen LogP contribution is 2.59. The quantitative estimate of drug-likeness (QED) is 0.767. The Morgan fingerprint density at radius 2 is 1.65 bits per heavy atom. The van der Waals surface area contributed by atoms with Gasteiger partial charge in [-0.15, -0.1) is 9.24 Å². The molecule has 1 amide bonds. The molecule has 4 aliphatic rings. The Hall–Kier alpha value is -0.100. The molecule has 4 bridgehead atoms. The van der Waals surface area contributed by atoms with Crippen molar-refractivity contribution in [3.8, 4) is 0 Å². The molecule has 0 aromatic heterocycles. The van der Waals surface area contributed by atoms with Crippen molar-refractivity contribution in [3.05, 3.63) is 0 Å². The Bertz CT molecular complexity index is 280. The third kappa shape index (κ3) is 2.38. The topological polar surface area (TPSA) is 29.1 Å². The van der Waals surface area contributed by atoms with Crippen molar-refractivity contribution in [2.24, 2.45) is 23.2 Å². The van der Waals surface area contributed by atoms with E-state index >= 15 is 0 Å². The average Bonchev–Trinajstić information content (AvgIpc) is 2.25. The highest BCUT2D eigenvalue weighted by Gasteiger charge is 2.50. The Morgan fingerprint density at radius 3 is 2.12 bits per heavy atom. The van der Waals surface area contributed by atoms with Gasteiger partial charge in [0.05, 0.1) is 0 Å². The maximum Gasteiger partial charge on any atom is 0.220 e. The van der Waals surface area contributed by atoms with Crippen LogP contribution in [0.25, 0.3) is 0 Å². The Labute approximate surface area is 107 Å². The third-order valence-electron chi connectivity index (χ3n) is 5.20. The molecule has 0 aromatic rings. The Kier molecular flexibility index (Phi) is 3.19. The van der Waals surface area contributed by atoms with Gasteiger partial charge in [0.2, 0.25) is 5.91 Å². The van der Waals surface area contributed by atoms with Gasteiger partial charge in [-0.2, -0.15) is 0 Å². The van der Waals surface area contributed by atoms with Gasteiger partial charge < -0.3 is 5.32 Å². The summed E-state index contributed by atoms with van der Waals surface area (Å²) < 4.78 is 0. The fourth-order valence-electron chi connectivity index (χ4n) is 5.01. The standard InChI is InChI=1S/C14H24NOP/c16-13(1-2-17)15-9-14-6-10-3-11(7-14)5-12(4-10)8-14/h10-12H,1-9,17H2,(H,15,16). The van der Waals surface area contributed by atoms with Gasteiger partial charge in [0.1, 0.15) is 0 Å². The van der Waals surface area contributed by atoms with Gasteiger partial charge >= 0.3 is 0 Å². The molecular formula is C14H24NOP. The second-order valence-corrected chi connectivity index (χ2v) is 7.31. The molecular weight excluding hydrogens is 229 g/mol. The predicted octanol–water partition coefficient (Wildman–Crippen LogP) is 2.58. The zero-order valence-electron chi connectivity index (χ0n) is 10.6. The molecule has 1 N–H and O–H groups in total. The van der Waals surface area contributed by atoms with Crippen molar-refractivity contribution in [1.29, 1.82) is 0 Å². The molecule has 0 radical (unpaired) electrons. The number of rotatable bonds is 4. The Morgan fingerprint density at radius 1 is 1.12 bits per heavy atom. The lowest BCUT2D eigenvalue weighted by Gasteiger charge is -2.56. The first kappa shape index (κ1) is 12.0. The molecule has 4 fully saturated rings. The Balaban J connectivity index is 1.60. The lowest BCUT2D eigenvalue weighted by Crippen LogP contribution is -2.51. The molecule has 0 heterocycles. The number of amides is 1. The van der Waals surface area contributed by atoms with Crippen LogP contribution < -0.4 is 5.32 Å². The first-order chi connectivity index (χ1) is 8.19. The molecule has 1 atom stereocenters. The van der Waals surface area contributed by atoms with Crippen LogP contribution in [-0.4, -0.2) is 18.6 Å². The van der Waals surface area contributed by atoms with Crippen molar-refractivity contribution in [2.75, 3.05) is 12.7 Å². The summed E-state index contributed by atoms with van der Waals surface area (Å²) in [7, 11) is 2.63. The lowest BCUT2D eigenvalue weighted by atomic mass is 9.49. The van der Waals surface area contributed by atoms with Gasteiger partial charge in [-0.25, -0.2) is 0 Å². The summed E-state index contributed by atoms with van der Waals surface area (Å²) in [6, 6.07) is 0. The largest absolute Gasteiger partial charge is 0.356 e. The van der Waals surface area contributed by atoms with Crippen molar-refractivity contribution >= 4 is 15.1 Å². The fraction of sp³-hybridized carbons (Fsp3) is 0.929. The number of carbonyl (C=O) groups excluding carboxylic acids is 1. The van der Waals surface area contributed by atoms with Crippen LogP contribution in [0.4, 0.5) is 0 Å². The van der Waals surface area contributed by atoms with E-state index in [-0.39, 0.29) is 5.91 Å². The van der Waals surface area contributed by atoms with Gasteiger partial charge in [0.15, 0.2) is 0 Å². The fourth-order valence-corrected chi connectivity index (χ4v) is 5.27. The molecule has 0 aliphatic heterocycles. The van der Waals surface area contributed by atoms with Crippen LogP contribution in [-0.2, 0) is 4.79 Å². The van der Waals surface area contributed by atoms with Gasteiger partial charge in [0, 0.05) is 13.0 Å². The van der Waals surface area contributed by atoms with Crippen molar-refractivity contribution in [3.63, 3.8) is 0 Å². The molecule has 4 aliphatic carbocycles. The molecule has 0 aromatic carbocycles. The van der Waals surface area contributed by atoms with E-state index in [1.807, 2.05) is 0 Å². The molecule has 96 valence electrons. The number of hydrogen-bond donors (Lipinski definition) is 1. The van der Waals surface area contributed by atoms with E-state index in [1.165, 1.54) is 38.5 Å². The zero-order chi connectivity index (χ0) is 11.9. The van der Waals surface area contributed by atoms with E-state index in [0.29, 0.717) is 11.8 Å². The molecule has 17 heavy (non-hydrogen) atoms. The summed E-state index contributed by atoms with van der Waals surface area (Å²) in [5.41, 5.74) is 0.491. The maximum absolute atomic E-state index is 11.6. The van der Waals surface area contributed by atoms with E-state index in [9.17, 15) is 4.79 Å². The summed E-state index contributed by atoms with van der Waals surface area (Å²) in [4.78, 5) is 11.6. The number of carbonyl (C=O) groups is 1. The smallest absolute Gasteiger partial charge is 0.220 e. The second-order valence-electron chi connectivity index (χ2n) is 6.73. The minimum Gasteiger partial charge on any atom is -0.356 e. The molecule has 4 rings (SSSR count). The van der Waals surface area contributed by atoms with Gasteiger partial charge in [-0.1, -0.05) is 0 Å². The first-order valence-electron chi connectivity index (χ1n) is 7.16. The van der Waals surface area contributed by atoms with Crippen LogP contribution in [0.3, 0.4) is 0 Å². The highest BCUT2D eigenvalue weighted by molar-refractivity contribution is 7.16. The third-order valence-corrected chi connectivity index (χ3v) is 5.49. The molecule has 2 nitrogen and oxygen atoms in total. The van der Waals surface area contributed by atoms with Crippen LogP contribution in [0, 0.1) is 23.2 Å². The van der Waals surface area contributed by atoms with E-state index in [4.69, 9.17) is 0 Å². The van der Waals surface area contributed by atoms with Crippen LogP contribution in [0.2, 0.25) is 0 Å². The first-order valence-corrected chi connectivity index (χ1v) is 7.97. The van der Waals surface area contributed by atoms with Crippen LogP contribution in [0.5, 0.6) is 0 Å². The van der Waals surface area contributed by atoms with Crippen molar-refractivity contribution in [1.82, 2.24) is 5.32 Å². The van der Waals surface area contributed by atoms with Crippen LogP contribution >= 0.6 is 9.24 Å². The minimum absolute atomic E-state index is 0.246. The minimum atomic E-state index is 0.246. The van der Waals surface area contributed by atoms with Gasteiger partial charge in [-0.3, -0.25) is 4.79 Å². The summed E-state index contributed by atoms with van der Waals surface area (Å²) in [5.74, 6) is 3.20. The molecule has 1 unspecified atom stereocenters. The lowest BCUT2D eigenvalue weighted by molar-refractivity contribution is -0.122. The van der Waals surface area contributed by atoms with E-state index in [1.54, 1.807) is 0 Å². The molecule has 0 saturated heterocycles. The van der Waals surface area contributed by atoms with Crippen molar-refractivity contribution in [2.45, 2.75) is 44.9 Å². The molecule has 3 heteroatoms. The molecule has 4 saturated carbocycles. The van der Waals surface area contributed by atoms with Gasteiger partial charge in [-0.05, 0) is 67.9 Å². The van der Waals surface area contributed by atoms with Crippen LogP contribution in [0.1, 0.15) is 44.9 Å². The highest BCUT2D eigenvalue weighted by atomic mass is 31.0. The second kappa shape index (κ2) is 4.53.